The number of benzene rings is 1. The first-order valence-corrected chi connectivity index (χ1v) is 7.52. The van der Waals surface area contributed by atoms with Crippen molar-refractivity contribution in [2.75, 3.05) is 31.1 Å². The normalized spacial score (nSPS) is 16.5. The molecule has 0 bridgehead atoms. The molecule has 0 unspecified atom stereocenters. The van der Waals surface area contributed by atoms with E-state index in [4.69, 9.17) is 17.3 Å². The van der Waals surface area contributed by atoms with Crippen molar-refractivity contribution in [3.05, 3.63) is 23.2 Å². The fourth-order valence-corrected chi connectivity index (χ4v) is 3.31. The highest BCUT2D eigenvalue weighted by Crippen LogP contribution is 2.29. The smallest absolute Gasteiger partial charge is 0.0543 e. The number of thioether (sulfide) groups is 1. The van der Waals surface area contributed by atoms with Gasteiger partial charge in [-0.05, 0) is 62.8 Å². The zero-order valence-electron chi connectivity index (χ0n) is 9.99. The van der Waals surface area contributed by atoms with Gasteiger partial charge in [0, 0.05) is 10.6 Å². The fourth-order valence-electron chi connectivity index (χ4n) is 2.11. The van der Waals surface area contributed by atoms with Crippen LogP contribution in [-0.4, -0.2) is 30.3 Å². The third kappa shape index (κ3) is 4.09. The van der Waals surface area contributed by atoms with Gasteiger partial charge in [-0.25, -0.2) is 0 Å². The third-order valence-corrected chi connectivity index (χ3v) is 4.61. The van der Waals surface area contributed by atoms with Crippen LogP contribution in [0.3, 0.4) is 0 Å². The molecule has 1 aromatic rings. The molecule has 0 aromatic heterocycles. The van der Waals surface area contributed by atoms with Gasteiger partial charge in [-0.3, -0.25) is 0 Å². The van der Waals surface area contributed by atoms with Crippen LogP contribution in [0.4, 0.5) is 5.69 Å². The molecule has 94 valence electrons. The number of nitrogen functional groups attached to an aromatic ring is 1. The number of rotatable bonds is 5. The van der Waals surface area contributed by atoms with Gasteiger partial charge in [-0.2, -0.15) is 0 Å². The van der Waals surface area contributed by atoms with E-state index in [1.807, 2.05) is 18.2 Å². The molecule has 0 atom stereocenters. The Labute approximate surface area is 113 Å². The monoisotopic (exact) mass is 270 g/mol. The van der Waals surface area contributed by atoms with Crippen molar-refractivity contribution < 1.29 is 0 Å². The van der Waals surface area contributed by atoms with Gasteiger partial charge in [0.05, 0.1) is 5.02 Å². The number of halogens is 1. The van der Waals surface area contributed by atoms with E-state index < -0.39 is 0 Å². The summed E-state index contributed by atoms with van der Waals surface area (Å²) in [5.74, 6) is 1.11. The van der Waals surface area contributed by atoms with E-state index in [0.717, 1.165) is 21.4 Å². The van der Waals surface area contributed by atoms with Crippen LogP contribution in [0.15, 0.2) is 23.1 Å². The van der Waals surface area contributed by atoms with E-state index in [1.54, 1.807) is 11.8 Å². The minimum atomic E-state index is 0.788. The highest BCUT2D eigenvalue weighted by molar-refractivity contribution is 7.99. The molecule has 0 amide bonds. The predicted molar refractivity (Wildman–Crippen MR) is 76.9 cm³/mol. The number of hydrogen-bond donors (Lipinski definition) is 1. The largest absolute Gasteiger partial charge is 0.399 e. The van der Waals surface area contributed by atoms with Crippen LogP contribution in [-0.2, 0) is 0 Å². The van der Waals surface area contributed by atoms with Crippen molar-refractivity contribution >= 4 is 29.1 Å². The van der Waals surface area contributed by atoms with Crippen LogP contribution in [0, 0.1) is 0 Å². The van der Waals surface area contributed by atoms with Gasteiger partial charge in [0.25, 0.3) is 0 Å². The minimum Gasteiger partial charge on any atom is -0.399 e. The lowest BCUT2D eigenvalue weighted by molar-refractivity contribution is 0.341. The van der Waals surface area contributed by atoms with E-state index in [0.29, 0.717) is 0 Å². The summed E-state index contributed by atoms with van der Waals surface area (Å²) < 4.78 is 0. The maximum absolute atomic E-state index is 6.12. The minimum absolute atomic E-state index is 0.788. The third-order valence-electron chi connectivity index (χ3n) is 3.03. The van der Waals surface area contributed by atoms with Gasteiger partial charge in [0.2, 0.25) is 0 Å². The summed E-state index contributed by atoms with van der Waals surface area (Å²) in [7, 11) is 0. The summed E-state index contributed by atoms with van der Waals surface area (Å²) >= 11 is 7.92. The first-order chi connectivity index (χ1) is 8.25. The molecule has 1 aromatic carbocycles. The summed E-state index contributed by atoms with van der Waals surface area (Å²) in [6.07, 6.45) is 3.96. The van der Waals surface area contributed by atoms with Crippen molar-refractivity contribution in [3.63, 3.8) is 0 Å². The molecule has 0 radical (unpaired) electrons. The van der Waals surface area contributed by atoms with E-state index in [9.17, 15) is 0 Å². The van der Waals surface area contributed by atoms with E-state index in [2.05, 4.69) is 4.90 Å². The Balaban J connectivity index is 1.72. The SMILES string of the molecule is Nc1ccc(Cl)c(SCCCN2CCCC2)c1. The second-order valence-electron chi connectivity index (χ2n) is 4.44. The average molecular weight is 271 g/mol. The van der Waals surface area contributed by atoms with Crippen molar-refractivity contribution in [1.82, 2.24) is 4.90 Å². The molecule has 0 spiro atoms. The predicted octanol–water partition coefficient (Wildman–Crippen LogP) is 3.50. The maximum Gasteiger partial charge on any atom is 0.0543 e. The van der Waals surface area contributed by atoms with E-state index in [1.165, 1.54) is 38.9 Å². The zero-order chi connectivity index (χ0) is 12.1. The number of anilines is 1. The van der Waals surface area contributed by atoms with Crippen LogP contribution in [0.2, 0.25) is 5.02 Å². The topological polar surface area (TPSA) is 29.3 Å². The molecule has 4 heteroatoms. The van der Waals surface area contributed by atoms with E-state index in [-0.39, 0.29) is 0 Å². The highest BCUT2D eigenvalue weighted by Gasteiger charge is 2.10. The van der Waals surface area contributed by atoms with Crippen molar-refractivity contribution in [2.45, 2.75) is 24.2 Å². The van der Waals surface area contributed by atoms with Gasteiger partial charge >= 0.3 is 0 Å². The summed E-state index contributed by atoms with van der Waals surface area (Å²) in [5.41, 5.74) is 6.54. The van der Waals surface area contributed by atoms with E-state index >= 15 is 0 Å². The summed E-state index contributed by atoms with van der Waals surface area (Å²) in [6, 6.07) is 5.68. The van der Waals surface area contributed by atoms with Crippen LogP contribution in [0.1, 0.15) is 19.3 Å². The Morgan fingerprint density at radius 3 is 2.82 bits per heavy atom. The van der Waals surface area contributed by atoms with Crippen LogP contribution in [0.5, 0.6) is 0 Å². The molecule has 1 fully saturated rings. The Morgan fingerprint density at radius 2 is 2.06 bits per heavy atom. The Hall–Kier alpha value is -0.380. The fraction of sp³-hybridized carbons (Fsp3) is 0.538. The van der Waals surface area contributed by atoms with Crippen molar-refractivity contribution in [2.24, 2.45) is 0 Å². The lowest BCUT2D eigenvalue weighted by atomic mass is 10.3. The molecular weight excluding hydrogens is 252 g/mol. The molecule has 1 aliphatic rings. The van der Waals surface area contributed by atoms with Crippen LogP contribution in [0.25, 0.3) is 0 Å². The molecular formula is C13H19ClN2S. The quantitative estimate of drug-likeness (QED) is 0.504. The number of likely N-dealkylation sites (tertiary alicyclic amines) is 1. The molecule has 1 heterocycles. The number of nitrogens with two attached hydrogens (primary N) is 1. The van der Waals surface area contributed by atoms with Gasteiger partial charge in [-0.1, -0.05) is 11.6 Å². The summed E-state index contributed by atoms with van der Waals surface area (Å²) in [6.45, 7) is 3.78. The van der Waals surface area contributed by atoms with Crippen molar-refractivity contribution in [1.29, 1.82) is 0 Å². The zero-order valence-corrected chi connectivity index (χ0v) is 11.6. The number of nitrogens with zero attached hydrogens (tertiary/aromatic N) is 1. The molecule has 17 heavy (non-hydrogen) atoms. The molecule has 2 rings (SSSR count). The Kier molecular flexibility index (Phi) is 5.01. The Morgan fingerprint density at radius 1 is 1.29 bits per heavy atom. The second kappa shape index (κ2) is 6.53. The molecule has 2 N–H and O–H groups in total. The van der Waals surface area contributed by atoms with Crippen LogP contribution < -0.4 is 5.73 Å². The first kappa shape index (κ1) is 13.1. The average Bonchev–Trinajstić information content (AvgIpc) is 2.82. The lowest BCUT2D eigenvalue weighted by Gasteiger charge is -2.13. The Bertz CT molecular complexity index is 364. The second-order valence-corrected chi connectivity index (χ2v) is 5.98. The number of hydrogen-bond acceptors (Lipinski definition) is 3. The molecule has 0 saturated carbocycles. The molecule has 2 nitrogen and oxygen atoms in total. The summed E-state index contributed by atoms with van der Waals surface area (Å²) in [4.78, 5) is 3.65. The molecule has 1 aliphatic heterocycles. The molecule has 0 aliphatic carbocycles. The standard InChI is InChI=1S/C13H19ClN2S/c14-12-5-4-11(15)10-13(12)17-9-3-8-16-6-1-2-7-16/h4-5,10H,1-3,6-9,15H2. The van der Waals surface area contributed by atoms with Gasteiger partial charge in [0.1, 0.15) is 0 Å². The summed E-state index contributed by atoms with van der Waals surface area (Å²) in [5, 5.41) is 0.811. The maximum atomic E-state index is 6.12. The van der Waals surface area contributed by atoms with Crippen LogP contribution >= 0.6 is 23.4 Å². The first-order valence-electron chi connectivity index (χ1n) is 6.16. The van der Waals surface area contributed by atoms with Gasteiger partial charge in [0.15, 0.2) is 0 Å². The van der Waals surface area contributed by atoms with Crippen molar-refractivity contribution in [3.8, 4) is 0 Å². The molecule has 1 saturated heterocycles. The van der Waals surface area contributed by atoms with Gasteiger partial charge < -0.3 is 10.6 Å². The van der Waals surface area contributed by atoms with Gasteiger partial charge in [-0.15, -0.1) is 11.8 Å². The lowest BCUT2D eigenvalue weighted by Crippen LogP contribution is -2.20. The highest BCUT2D eigenvalue weighted by atomic mass is 35.5.